The second-order valence-corrected chi connectivity index (χ2v) is 5.96. The van der Waals surface area contributed by atoms with Crippen LogP contribution in [0.25, 0.3) is 0 Å². The van der Waals surface area contributed by atoms with Crippen LogP contribution in [-0.4, -0.2) is 13.1 Å². The van der Waals surface area contributed by atoms with Crippen molar-refractivity contribution in [2.24, 2.45) is 5.92 Å². The molecule has 0 atom stereocenters. The second kappa shape index (κ2) is 7.41. The summed E-state index contributed by atoms with van der Waals surface area (Å²) in [6.07, 6.45) is 3.67. The highest BCUT2D eigenvalue weighted by Crippen LogP contribution is 2.20. The molecule has 0 unspecified atom stereocenters. The molecule has 3 heteroatoms. The van der Waals surface area contributed by atoms with Crippen molar-refractivity contribution in [3.63, 3.8) is 0 Å². The van der Waals surface area contributed by atoms with Crippen LogP contribution in [0.15, 0.2) is 48.5 Å². The minimum Gasteiger partial charge on any atom is -0.489 e. The fourth-order valence-corrected chi connectivity index (χ4v) is 2.93. The van der Waals surface area contributed by atoms with Crippen molar-refractivity contribution in [1.82, 2.24) is 5.32 Å². The van der Waals surface area contributed by atoms with E-state index in [9.17, 15) is 4.39 Å². The molecule has 0 saturated carbocycles. The van der Waals surface area contributed by atoms with Crippen molar-refractivity contribution >= 4 is 0 Å². The lowest BCUT2D eigenvalue weighted by atomic mass is 9.91. The Hall–Kier alpha value is -1.87. The Kier molecular flexibility index (Phi) is 5.07. The first-order valence-corrected chi connectivity index (χ1v) is 7.96. The summed E-state index contributed by atoms with van der Waals surface area (Å²) < 4.78 is 18.8. The Morgan fingerprint density at radius 1 is 1.00 bits per heavy atom. The lowest BCUT2D eigenvalue weighted by molar-refractivity contribution is 0.305. The molecule has 116 valence electrons. The van der Waals surface area contributed by atoms with Gasteiger partial charge in [-0.2, -0.15) is 0 Å². The van der Waals surface area contributed by atoms with Crippen LogP contribution in [0.3, 0.4) is 0 Å². The first-order valence-electron chi connectivity index (χ1n) is 7.96. The molecule has 3 rings (SSSR count). The summed E-state index contributed by atoms with van der Waals surface area (Å²) in [7, 11) is 0. The molecule has 2 aromatic carbocycles. The van der Waals surface area contributed by atoms with E-state index in [1.165, 1.54) is 30.5 Å². The van der Waals surface area contributed by atoms with Crippen LogP contribution in [0.2, 0.25) is 0 Å². The predicted octanol–water partition coefficient (Wildman–Crippen LogP) is 3.95. The van der Waals surface area contributed by atoms with Crippen molar-refractivity contribution in [3.05, 3.63) is 65.5 Å². The number of rotatable bonds is 5. The maximum atomic E-state index is 13.1. The first kappa shape index (κ1) is 15.0. The summed E-state index contributed by atoms with van der Waals surface area (Å²) in [6.45, 7) is 2.67. The summed E-state index contributed by atoms with van der Waals surface area (Å²) in [5, 5.41) is 3.40. The minimum absolute atomic E-state index is 0.224. The summed E-state index contributed by atoms with van der Waals surface area (Å²) in [5.41, 5.74) is 2.21. The molecule has 0 aromatic heterocycles. The van der Waals surface area contributed by atoms with Gasteiger partial charge in [-0.15, -0.1) is 0 Å². The number of benzene rings is 2. The zero-order chi connectivity index (χ0) is 15.2. The Labute approximate surface area is 131 Å². The third-order valence-electron chi connectivity index (χ3n) is 4.20. The van der Waals surface area contributed by atoms with Gasteiger partial charge in [-0.1, -0.05) is 24.3 Å². The van der Waals surface area contributed by atoms with Gasteiger partial charge >= 0.3 is 0 Å². The molecule has 22 heavy (non-hydrogen) atoms. The highest BCUT2D eigenvalue weighted by atomic mass is 19.1. The summed E-state index contributed by atoms with van der Waals surface area (Å²) in [5.74, 6) is 1.40. The SMILES string of the molecule is Fc1cccc(COc2ccc(CC3CCNCC3)cc2)c1. The average molecular weight is 299 g/mol. The van der Waals surface area contributed by atoms with Gasteiger partial charge in [-0.25, -0.2) is 4.39 Å². The normalized spacial score (nSPS) is 15.7. The molecule has 0 aliphatic carbocycles. The molecule has 1 heterocycles. The van der Waals surface area contributed by atoms with E-state index in [2.05, 4.69) is 17.4 Å². The van der Waals surface area contributed by atoms with Crippen molar-refractivity contribution in [3.8, 4) is 5.75 Å². The molecule has 1 fully saturated rings. The molecule has 0 radical (unpaired) electrons. The molecule has 1 aliphatic heterocycles. The van der Waals surface area contributed by atoms with E-state index in [1.807, 2.05) is 18.2 Å². The average Bonchev–Trinajstić information content (AvgIpc) is 2.55. The Morgan fingerprint density at radius 3 is 2.50 bits per heavy atom. The Morgan fingerprint density at radius 2 is 1.77 bits per heavy atom. The van der Waals surface area contributed by atoms with Crippen molar-refractivity contribution in [1.29, 1.82) is 0 Å². The van der Waals surface area contributed by atoms with Crippen LogP contribution in [0.1, 0.15) is 24.0 Å². The molecule has 1 aliphatic rings. The number of hydrogen-bond acceptors (Lipinski definition) is 2. The van der Waals surface area contributed by atoms with Gasteiger partial charge in [-0.3, -0.25) is 0 Å². The third-order valence-corrected chi connectivity index (χ3v) is 4.20. The van der Waals surface area contributed by atoms with Crippen LogP contribution in [0.4, 0.5) is 4.39 Å². The van der Waals surface area contributed by atoms with Gasteiger partial charge in [0, 0.05) is 0 Å². The van der Waals surface area contributed by atoms with Gasteiger partial charge in [0.05, 0.1) is 0 Å². The van der Waals surface area contributed by atoms with E-state index < -0.39 is 0 Å². The van der Waals surface area contributed by atoms with Gasteiger partial charge in [0.25, 0.3) is 0 Å². The first-order chi connectivity index (χ1) is 10.8. The van der Waals surface area contributed by atoms with E-state index in [4.69, 9.17) is 4.74 Å². The van der Waals surface area contributed by atoms with Gasteiger partial charge in [0.15, 0.2) is 0 Å². The number of nitrogens with one attached hydrogen (secondary N) is 1. The smallest absolute Gasteiger partial charge is 0.123 e. The van der Waals surface area contributed by atoms with Crippen molar-refractivity contribution in [2.75, 3.05) is 13.1 Å². The van der Waals surface area contributed by atoms with E-state index in [1.54, 1.807) is 6.07 Å². The highest BCUT2D eigenvalue weighted by molar-refractivity contribution is 5.28. The van der Waals surface area contributed by atoms with Gasteiger partial charge in [0.2, 0.25) is 0 Å². The monoisotopic (exact) mass is 299 g/mol. The predicted molar refractivity (Wildman–Crippen MR) is 86.5 cm³/mol. The minimum atomic E-state index is -0.224. The molecule has 2 aromatic rings. The topological polar surface area (TPSA) is 21.3 Å². The summed E-state index contributed by atoms with van der Waals surface area (Å²) in [4.78, 5) is 0. The lowest BCUT2D eigenvalue weighted by Crippen LogP contribution is -2.28. The Balaban J connectivity index is 1.52. The molecule has 2 nitrogen and oxygen atoms in total. The lowest BCUT2D eigenvalue weighted by Gasteiger charge is -2.22. The van der Waals surface area contributed by atoms with Crippen LogP contribution >= 0.6 is 0 Å². The summed E-state index contributed by atoms with van der Waals surface area (Å²) >= 11 is 0. The Bertz CT molecular complexity index is 591. The van der Waals surface area contributed by atoms with Crippen LogP contribution in [0, 0.1) is 11.7 Å². The molecule has 0 bridgehead atoms. The van der Waals surface area contributed by atoms with Crippen LogP contribution < -0.4 is 10.1 Å². The molecular weight excluding hydrogens is 277 g/mol. The molecule has 1 saturated heterocycles. The third kappa shape index (κ3) is 4.31. The molecule has 0 spiro atoms. The zero-order valence-corrected chi connectivity index (χ0v) is 12.7. The quantitative estimate of drug-likeness (QED) is 0.902. The van der Waals surface area contributed by atoms with E-state index in [0.29, 0.717) is 6.61 Å². The van der Waals surface area contributed by atoms with Crippen LogP contribution in [0.5, 0.6) is 5.75 Å². The van der Waals surface area contributed by atoms with Crippen molar-refractivity contribution in [2.45, 2.75) is 25.9 Å². The standard InChI is InChI=1S/C19H22FNO/c20-18-3-1-2-17(13-18)14-22-19-6-4-15(5-7-19)12-16-8-10-21-11-9-16/h1-7,13,16,21H,8-12,14H2. The maximum absolute atomic E-state index is 13.1. The number of hydrogen-bond donors (Lipinski definition) is 1. The van der Waals surface area contributed by atoms with Gasteiger partial charge < -0.3 is 10.1 Å². The van der Waals surface area contributed by atoms with E-state index in [-0.39, 0.29) is 5.82 Å². The maximum Gasteiger partial charge on any atom is 0.123 e. The summed E-state index contributed by atoms with van der Waals surface area (Å²) in [6, 6.07) is 14.8. The largest absolute Gasteiger partial charge is 0.489 e. The van der Waals surface area contributed by atoms with Gasteiger partial charge in [0.1, 0.15) is 18.2 Å². The molecule has 0 amide bonds. The molecular formula is C19H22FNO. The second-order valence-electron chi connectivity index (χ2n) is 5.96. The number of ether oxygens (including phenoxy) is 1. The van der Waals surface area contributed by atoms with E-state index in [0.717, 1.165) is 36.7 Å². The number of piperidine rings is 1. The fraction of sp³-hybridized carbons (Fsp3) is 0.368. The fourth-order valence-electron chi connectivity index (χ4n) is 2.93. The van der Waals surface area contributed by atoms with E-state index >= 15 is 0 Å². The van der Waals surface area contributed by atoms with Crippen molar-refractivity contribution < 1.29 is 9.13 Å². The zero-order valence-electron chi connectivity index (χ0n) is 12.7. The van der Waals surface area contributed by atoms with Gasteiger partial charge in [-0.05, 0) is 73.7 Å². The van der Waals surface area contributed by atoms with Crippen LogP contribution in [-0.2, 0) is 13.0 Å². The highest BCUT2D eigenvalue weighted by Gasteiger charge is 2.13. The number of halogens is 1. The molecule has 1 N–H and O–H groups in total.